The molecule has 2 atom stereocenters. The summed E-state index contributed by atoms with van der Waals surface area (Å²) in [5.74, 6) is 0.380. The van der Waals surface area contributed by atoms with Crippen LogP contribution in [0.15, 0.2) is 6.07 Å². The highest BCUT2D eigenvalue weighted by Crippen LogP contribution is 2.26. The third-order valence-electron chi connectivity index (χ3n) is 2.97. The van der Waals surface area contributed by atoms with Gasteiger partial charge >= 0.3 is 0 Å². The van der Waals surface area contributed by atoms with Crippen LogP contribution in [-0.4, -0.2) is 11.9 Å². The molecule has 1 rings (SSSR count). The molecule has 1 aromatic heterocycles. The molecule has 0 saturated carbocycles. The Morgan fingerprint density at radius 2 is 2.00 bits per heavy atom. The Bertz CT molecular complexity index is 412. The molecular weight excluding hydrogens is 244 g/mol. The summed E-state index contributed by atoms with van der Waals surface area (Å²) in [6.07, 6.45) is 0.722. The topological polar surface area (TPSA) is 55.1 Å². The van der Waals surface area contributed by atoms with Gasteiger partial charge in [0.25, 0.3) is 0 Å². The molecule has 0 aliphatic heterocycles. The highest BCUT2D eigenvalue weighted by molar-refractivity contribution is 7.12. The maximum atomic E-state index is 11.9. The lowest BCUT2D eigenvalue weighted by atomic mass is 10.0. The van der Waals surface area contributed by atoms with Gasteiger partial charge in [0.2, 0.25) is 5.91 Å². The van der Waals surface area contributed by atoms with Crippen LogP contribution >= 0.6 is 11.3 Å². The van der Waals surface area contributed by atoms with Crippen molar-refractivity contribution in [2.75, 3.05) is 0 Å². The van der Waals surface area contributed by atoms with E-state index >= 15 is 0 Å². The van der Waals surface area contributed by atoms with Crippen molar-refractivity contribution in [3.05, 3.63) is 21.4 Å². The van der Waals surface area contributed by atoms with E-state index in [2.05, 4.69) is 39.1 Å². The summed E-state index contributed by atoms with van der Waals surface area (Å²) in [7, 11) is 0. The Morgan fingerprint density at radius 1 is 1.39 bits per heavy atom. The molecule has 0 bridgehead atoms. The number of hydrogen-bond acceptors (Lipinski definition) is 3. The molecule has 0 radical (unpaired) electrons. The lowest BCUT2D eigenvalue weighted by Gasteiger charge is -2.18. The maximum absolute atomic E-state index is 11.9. The number of hydrogen-bond donors (Lipinski definition) is 2. The third kappa shape index (κ3) is 4.10. The largest absolute Gasteiger partial charge is 0.348 e. The number of carbonyl (C=O) groups excluding carboxylic acids is 1. The first-order valence-electron chi connectivity index (χ1n) is 6.44. The van der Waals surface area contributed by atoms with Crippen LogP contribution < -0.4 is 11.1 Å². The van der Waals surface area contributed by atoms with Crippen LogP contribution in [0, 0.1) is 19.8 Å². The molecule has 18 heavy (non-hydrogen) atoms. The summed E-state index contributed by atoms with van der Waals surface area (Å²) in [6.45, 7) is 10.3. The van der Waals surface area contributed by atoms with Crippen molar-refractivity contribution in [3.8, 4) is 0 Å². The van der Waals surface area contributed by atoms with Crippen molar-refractivity contribution in [2.45, 2.75) is 53.1 Å². The van der Waals surface area contributed by atoms with E-state index in [9.17, 15) is 4.79 Å². The quantitative estimate of drug-likeness (QED) is 0.862. The zero-order valence-electron chi connectivity index (χ0n) is 11.9. The molecule has 0 aromatic carbocycles. The molecule has 0 spiro atoms. The molecule has 0 saturated heterocycles. The van der Waals surface area contributed by atoms with E-state index < -0.39 is 6.04 Å². The van der Waals surface area contributed by atoms with Crippen molar-refractivity contribution < 1.29 is 4.79 Å². The van der Waals surface area contributed by atoms with Crippen LogP contribution in [0.3, 0.4) is 0 Å². The van der Waals surface area contributed by atoms with Gasteiger partial charge in [0.15, 0.2) is 0 Å². The Kier molecular flexibility index (Phi) is 5.35. The average molecular weight is 268 g/mol. The van der Waals surface area contributed by atoms with Crippen molar-refractivity contribution in [3.63, 3.8) is 0 Å². The van der Waals surface area contributed by atoms with Crippen molar-refractivity contribution in [2.24, 2.45) is 11.7 Å². The van der Waals surface area contributed by atoms with E-state index in [1.165, 1.54) is 15.3 Å². The number of nitrogens with one attached hydrogen (secondary N) is 1. The minimum atomic E-state index is -0.410. The molecule has 0 fully saturated rings. The van der Waals surface area contributed by atoms with Gasteiger partial charge in [-0.1, -0.05) is 13.8 Å². The monoisotopic (exact) mass is 268 g/mol. The normalized spacial score (nSPS) is 14.6. The van der Waals surface area contributed by atoms with Crippen LogP contribution in [0.1, 0.15) is 48.6 Å². The van der Waals surface area contributed by atoms with Crippen LogP contribution in [-0.2, 0) is 4.79 Å². The van der Waals surface area contributed by atoms with E-state index in [4.69, 9.17) is 5.73 Å². The summed E-state index contributed by atoms with van der Waals surface area (Å²) >= 11 is 1.76. The second kappa shape index (κ2) is 6.34. The fourth-order valence-corrected chi connectivity index (χ4v) is 3.12. The molecule has 1 aromatic rings. The fraction of sp³-hybridized carbons (Fsp3) is 0.643. The maximum Gasteiger partial charge on any atom is 0.237 e. The van der Waals surface area contributed by atoms with E-state index in [1.807, 2.05) is 6.92 Å². The number of carbonyl (C=O) groups is 1. The lowest BCUT2D eigenvalue weighted by Crippen LogP contribution is -2.42. The van der Waals surface area contributed by atoms with Crippen LogP contribution in [0.4, 0.5) is 0 Å². The second-order valence-corrected chi connectivity index (χ2v) is 6.80. The predicted molar refractivity (Wildman–Crippen MR) is 77.8 cm³/mol. The third-order valence-corrected chi connectivity index (χ3v) is 3.95. The Balaban J connectivity index is 2.62. The van der Waals surface area contributed by atoms with Gasteiger partial charge in [0, 0.05) is 9.75 Å². The Labute approximate surface area is 114 Å². The van der Waals surface area contributed by atoms with Crippen LogP contribution in [0.25, 0.3) is 0 Å². The summed E-state index contributed by atoms with van der Waals surface area (Å²) in [4.78, 5) is 14.5. The van der Waals surface area contributed by atoms with Gasteiger partial charge in [-0.2, -0.15) is 0 Å². The Hall–Kier alpha value is -0.870. The van der Waals surface area contributed by atoms with Gasteiger partial charge in [0.05, 0.1) is 12.1 Å². The molecule has 102 valence electrons. The number of aryl methyl sites for hydroxylation is 2. The molecule has 4 heteroatoms. The van der Waals surface area contributed by atoms with E-state index in [0.29, 0.717) is 5.92 Å². The molecule has 1 amide bonds. The number of amides is 1. The van der Waals surface area contributed by atoms with E-state index in [1.54, 1.807) is 11.3 Å². The molecule has 0 aliphatic carbocycles. The summed E-state index contributed by atoms with van der Waals surface area (Å²) in [6, 6.07) is 1.76. The number of rotatable bonds is 5. The molecule has 3 nitrogen and oxygen atoms in total. The smallest absolute Gasteiger partial charge is 0.237 e. The SMILES string of the molecule is Cc1cc(C(C)NC(=O)[C@H](N)CC(C)C)c(C)s1. The van der Waals surface area contributed by atoms with Gasteiger partial charge < -0.3 is 11.1 Å². The van der Waals surface area contributed by atoms with Crippen molar-refractivity contribution >= 4 is 17.2 Å². The predicted octanol–water partition coefficient (Wildman–Crippen LogP) is 2.92. The molecule has 0 aliphatic rings. The van der Waals surface area contributed by atoms with Crippen molar-refractivity contribution in [1.29, 1.82) is 0 Å². The number of nitrogens with two attached hydrogens (primary N) is 1. The first kappa shape index (κ1) is 15.2. The van der Waals surface area contributed by atoms with Crippen molar-refractivity contribution in [1.82, 2.24) is 5.32 Å². The highest BCUT2D eigenvalue weighted by Gasteiger charge is 2.19. The molecule has 3 N–H and O–H groups in total. The zero-order valence-corrected chi connectivity index (χ0v) is 12.7. The average Bonchev–Trinajstić information content (AvgIpc) is 2.56. The lowest BCUT2D eigenvalue weighted by molar-refractivity contribution is -0.123. The minimum Gasteiger partial charge on any atom is -0.348 e. The number of thiophene rings is 1. The first-order valence-corrected chi connectivity index (χ1v) is 7.25. The van der Waals surface area contributed by atoms with Gasteiger partial charge in [-0.25, -0.2) is 0 Å². The molecule has 1 heterocycles. The molecule has 1 unspecified atom stereocenters. The van der Waals surface area contributed by atoms with E-state index in [-0.39, 0.29) is 11.9 Å². The highest BCUT2D eigenvalue weighted by atomic mass is 32.1. The fourth-order valence-electron chi connectivity index (χ4n) is 2.09. The summed E-state index contributed by atoms with van der Waals surface area (Å²) in [5, 5.41) is 3.00. The van der Waals surface area contributed by atoms with Crippen LogP contribution in [0.5, 0.6) is 0 Å². The standard InChI is InChI=1S/C14H24N2OS/c1-8(2)6-13(15)14(17)16-10(4)12-7-9(3)18-11(12)5/h7-8,10,13H,6,15H2,1-5H3,(H,16,17)/t10?,13-/m1/s1. The van der Waals surface area contributed by atoms with Gasteiger partial charge in [-0.15, -0.1) is 11.3 Å². The zero-order chi connectivity index (χ0) is 13.9. The van der Waals surface area contributed by atoms with Crippen LogP contribution in [0.2, 0.25) is 0 Å². The van der Waals surface area contributed by atoms with E-state index in [0.717, 1.165) is 6.42 Å². The van der Waals surface area contributed by atoms with Gasteiger partial charge in [-0.3, -0.25) is 4.79 Å². The Morgan fingerprint density at radius 3 is 2.44 bits per heavy atom. The van der Waals surface area contributed by atoms with Gasteiger partial charge in [0.1, 0.15) is 0 Å². The second-order valence-electron chi connectivity index (χ2n) is 5.33. The molecular formula is C14H24N2OS. The summed E-state index contributed by atoms with van der Waals surface area (Å²) < 4.78 is 0. The van der Waals surface area contributed by atoms with Gasteiger partial charge in [-0.05, 0) is 44.7 Å². The minimum absolute atomic E-state index is 0.0284. The summed E-state index contributed by atoms with van der Waals surface area (Å²) in [5.41, 5.74) is 7.08. The first-order chi connectivity index (χ1) is 8.31.